The van der Waals surface area contributed by atoms with Gasteiger partial charge in [-0.25, -0.2) is 31.5 Å². The molecule has 270 valence electrons. The Kier molecular flexibility index (Phi) is 9.90. The maximum atomic E-state index is 17.3. The molecular formula is C39H38F5NO6. The number of anilines is 1. The van der Waals surface area contributed by atoms with Gasteiger partial charge in [0.2, 0.25) is 0 Å². The van der Waals surface area contributed by atoms with Crippen molar-refractivity contribution in [3.8, 4) is 11.8 Å². The Morgan fingerprint density at radius 3 is 2.29 bits per heavy atom. The highest BCUT2D eigenvalue weighted by Crippen LogP contribution is 2.68. The molecule has 1 amide bonds. The fourth-order valence-corrected chi connectivity index (χ4v) is 8.64. The monoisotopic (exact) mass is 711 g/mol. The minimum Gasteiger partial charge on any atom is -0.462 e. The second-order valence-electron chi connectivity index (χ2n) is 13.7. The van der Waals surface area contributed by atoms with E-state index in [0.29, 0.717) is 22.9 Å². The van der Waals surface area contributed by atoms with Crippen LogP contribution in [-0.2, 0) is 14.3 Å². The molecule has 2 saturated carbocycles. The molecule has 2 aromatic rings. The highest BCUT2D eigenvalue weighted by atomic mass is 19.2. The van der Waals surface area contributed by atoms with E-state index < -0.39 is 88.6 Å². The first-order chi connectivity index (χ1) is 24.3. The summed E-state index contributed by atoms with van der Waals surface area (Å²) in [5.41, 5.74) is -2.90. The van der Waals surface area contributed by atoms with Gasteiger partial charge in [-0.2, -0.15) is 0 Å². The molecule has 0 spiro atoms. The molecule has 4 aliphatic rings. The van der Waals surface area contributed by atoms with E-state index in [4.69, 9.17) is 9.47 Å². The Balaban J connectivity index is 1.25. The van der Waals surface area contributed by atoms with Crippen molar-refractivity contribution in [3.05, 3.63) is 88.0 Å². The number of fused-ring (bicyclic) bond motifs is 4. The topological polar surface area (TPSA) is 102 Å². The third-order valence-corrected chi connectivity index (χ3v) is 11.3. The molecular weight excluding hydrogens is 673 g/mol. The number of esters is 1. The van der Waals surface area contributed by atoms with Crippen LogP contribution in [-0.4, -0.2) is 72.6 Å². The van der Waals surface area contributed by atoms with Crippen molar-refractivity contribution < 1.29 is 50.9 Å². The second kappa shape index (κ2) is 13.9. The van der Waals surface area contributed by atoms with Crippen LogP contribution in [0.2, 0.25) is 0 Å². The molecule has 0 bridgehead atoms. The SMILES string of the molecule is CCOC(=O)c1ccc(NC(=O)OCC#Cc2ccc([C@@H]3C4=C5C(=CC(=O)C(F)C5F)C(F)C(F)[C@H]4[C@@H]4CC[C@@](O)(CC)[C@@]4(C)C3F)cc2)cc1. The largest absolute Gasteiger partial charge is 0.462 e. The third-order valence-electron chi connectivity index (χ3n) is 11.3. The first-order valence-corrected chi connectivity index (χ1v) is 17.0. The van der Waals surface area contributed by atoms with E-state index in [0.717, 1.165) is 0 Å². The average Bonchev–Trinajstić information content (AvgIpc) is 3.40. The van der Waals surface area contributed by atoms with Crippen molar-refractivity contribution in [1.82, 2.24) is 0 Å². The van der Waals surface area contributed by atoms with E-state index in [9.17, 15) is 23.9 Å². The predicted octanol–water partition coefficient (Wildman–Crippen LogP) is 7.24. The minimum absolute atomic E-state index is 0.102. The van der Waals surface area contributed by atoms with Gasteiger partial charge in [-0.1, -0.05) is 37.8 Å². The summed E-state index contributed by atoms with van der Waals surface area (Å²) in [5, 5.41) is 14.2. The van der Waals surface area contributed by atoms with Crippen LogP contribution in [0.5, 0.6) is 0 Å². The van der Waals surface area contributed by atoms with Crippen molar-refractivity contribution in [2.24, 2.45) is 17.3 Å². The van der Waals surface area contributed by atoms with Crippen molar-refractivity contribution >= 4 is 23.5 Å². The lowest BCUT2D eigenvalue weighted by Crippen LogP contribution is -2.61. The average molecular weight is 712 g/mol. The van der Waals surface area contributed by atoms with Crippen molar-refractivity contribution in [2.45, 2.75) is 82.4 Å². The Labute approximate surface area is 292 Å². The number of carbonyl (C=O) groups is 3. The van der Waals surface area contributed by atoms with E-state index >= 15 is 17.6 Å². The molecule has 0 aliphatic heterocycles. The molecule has 10 atom stereocenters. The quantitative estimate of drug-likeness (QED) is 0.186. The molecule has 6 rings (SSSR count). The summed E-state index contributed by atoms with van der Waals surface area (Å²) < 4.78 is 89.9. The van der Waals surface area contributed by atoms with Crippen LogP contribution in [0.4, 0.5) is 32.4 Å². The van der Waals surface area contributed by atoms with Gasteiger partial charge < -0.3 is 14.6 Å². The van der Waals surface area contributed by atoms with Crippen LogP contribution >= 0.6 is 0 Å². The molecule has 51 heavy (non-hydrogen) atoms. The maximum absolute atomic E-state index is 17.3. The minimum atomic E-state index is -2.64. The number of carbonyl (C=O) groups excluding carboxylic acids is 3. The van der Waals surface area contributed by atoms with Gasteiger partial charge in [0.25, 0.3) is 0 Å². The van der Waals surface area contributed by atoms with Crippen molar-refractivity contribution in [3.63, 3.8) is 0 Å². The van der Waals surface area contributed by atoms with Gasteiger partial charge in [0.15, 0.2) is 30.9 Å². The van der Waals surface area contributed by atoms with Crippen molar-refractivity contribution in [2.75, 3.05) is 18.5 Å². The van der Waals surface area contributed by atoms with Crippen LogP contribution in [0, 0.1) is 29.1 Å². The normalized spacial score (nSPS) is 33.9. The van der Waals surface area contributed by atoms with Gasteiger partial charge in [-0.3, -0.25) is 10.1 Å². The highest BCUT2D eigenvalue weighted by Gasteiger charge is 2.70. The van der Waals surface area contributed by atoms with Gasteiger partial charge >= 0.3 is 12.1 Å². The number of allylic oxidation sites excluding steroid dienone is 4. The smallest absolute Gasteiger partial charge is 0.412 e. The van der Waals surface area contributed by atoms with E-state index in [-0.39, 0.29) is 43.6 Å². The number of aliphatic hydroxyl groups is 1. The molecule has 2 N–H and O–H groups in total. The Hall–Kier alpha value is -4.50. The summed E-state index contributed by atoms with van der Waals surface area (Å²) in [4.78, 5) is 36.2. The molecule has 4 aliphatic carbocycles. The zero-order chi connectivity index (χ0) is 36.8. The molecule has 0 radical (unpaired) electrons. The van der Waals surface area contributed by atoms with E-state index in [2.05, 4.69) is 17.2 Å². The van der Waals surface area contributed by atoms with Gasteiger partial charge in [-0.05, 0) is 96.9 Å². The number of ketones is 1. The molecule has 0 heterocycles. The Bertz CT molecular complexity index is 1830. The number of halogens is 5. The Morgan fingerprint density at radius 1 is 0.961 bits per heavy atom. The number of benzene rings is 2. The van der Waals surface area contributed by atoms with E-state index in [1.807, 2.05) is 0 Å². The van der Waals surface area contributed by atoms with Gasteiger partial charge in [0.05, 0.1) is 17.8 Å². The second-order valence-corrected chi connectivity index (χ2v) is 13.7. The highest BCUT2D eigenvalue weighted by molar-refractivity contribution is 5.98. The predicted molar refractivity (Wildman–Crippen MR) is 178 cm³/mol. The summed E-state index contributed by atoms with van der Waals surface area (Å²) in [6.45, 7) is 4.85. The lowest BCUT2D eigenvalue weighted by molar-refractivity contribution is -0.143. The van der Waals surface area contributed by atoms with E-state index in [1.165, 1.54) is 55.5 Å². The number of hydrogen-bond donors (Lipinski definition) is 2. The molecule has 2 fully saturated rings. The molecule has 0 aromatic heterocycles. The molecule has 2 aromatic carbocycles. The summed E-state index contributed by atoms with van der Waals surface area (Å²) in [6.07, 6.45) is -11.6. The number of alkyl halides is 5. The molecule has 12 heteroatoms. The standard InChI is InChI=1S/C39H38F5NO6/c1-4-39(49)17-16-25-29-30(28-24(31(40)34(29)43)19-26(46)32(41)33(28)42)27(35(44)38(25,39)3)21-10-8-20(9-11-21)7-6-18-51-37(48)45-23-14-12-22(13-15-23)36(47)50-5-2/h8-15,19,25,27,29,31-35,49H,4-5,16-18H2,1-3H3,(H,45,48)/t25-,27+,29-,31?,32?,33?,34?,35?,38+,39-/m0/s1. The number of rotatable bonds is 6. The number of hydrogen-bond acceptors (Lipinski definition) is 6. The van der Waals surface area contributed by atoms with Crippen LogP contribution in [0.1, 0.15) is 67.4 Å². The third kappa shape index (κ3) is 6.03. The summed E-state index contributed by atoms with van der Waals surface area (Å²) in [5.74, 6) is 0.0782. The number of amides is 1. The molecule has 0 saturated heterocycles. The zero-order valence-electron chi connectivity index (χ0n) is 28.2. The molecule has 7 nitrogen and oxygen atoms in total. The van der Waals surface area contributed by atoms with Gasteiger partial charge in [0.1, 0.15) is 12.3 Å². The fourth-order valence-electron chi connectivity index (χ4n) is 8.64. The van der Waals surface area contributed by atoms with Crippen molar-refractivity contribution in [1.29, 1.82) is 0 Å². The lowest BCUT2D eigenvalue weighted by atomic mass is 9.49. The summed E-state index contributed by atoms with van der Waals surface area (Å²) >= 11 is 0. The fraction of sp³-hybridized carbons (Fsp3) is 0.462. The maximum Gasteiger partial charge on any atom is 0.412 e. The number of nitrogens with one attached hydrogen (secondary N) is 1. The van der Waals surface area contributed by atoms with E-state index in [1.54, 1.807) is 13.8 Å². The zero-order valence-corrected chi connectivity index (χ0v) is 28.2. The summed E-state index contributed by atoms with van der Waals surface area (Å²) in [6, 6.07) is 12.1. The number of ether oxygens (including phenoxy) is 2. The van der Waals surface area contributed by atoms with Crippen LogP contribution in [0.25, 0.3) is 0 Å². The van der Waals surface area contributed by atoms with Gasteiger partial charge in [0, 0.05) is 28.5 Å². The first kappa shape index (κ1) is 36.3. The Morgan fingerprint density at radius 2 is 1.65 bits per heavy atom. The first-order valence-electron chi connectivity index (χ1n) is 17.0. The van der Waals surface area contributed by atoms with Crippen LogP contribution in [0.15, 0.2) is 71.3 Å². The van der Waals surface area contributed by atoms with Gasteiger partial charge in [-0.15, -0.1) is 0 Å². The van der Waals surface area contributed by atoms with Crippen LogP contribution in [0.3, 0.4) is 0 Å². The summed E-state index contributed by atoms with van der Waals surface area (Å²) in [7, 11) is 0. The van der Waals surface area contributed by atoms with Crippen LogP contribution < -0.4 is 5.32 Å². The lowest BCUT2D eigenvalue weighted by Gasteiger charge is -2.57. The molecule has 5 unspecified atom stereocenters.